The molecule has 1 aliphatic carbocycles. The van der Waals surface area contributed by atoms with Crippen LogP contribution in [0, 0.1) is 0 Å². The molecule has 1 aliphatic heterocycles. The van der Waals surface area contributed by atoms with Crippen LogP contribution < -0.4 is 5.32 Å². The highest BCUT2D eigenvalue weighted by Crippen LogP contribution is 2.20. The molecule has 1 heterocycles. The first-order valence-corrected chi connectivity index (χ1v) is 7.11. The van der Waals surface area contributed by atoms with E-state index >= 15 is 0 Å². The van der Waals surface area contributed by atoms with Gasteiger partial charge in [-0.25, -0.2) is 0 Å². The van der Waals surface area contributed by atoms with Gasteiger partial charge in [0.15, 0.2) is 0 Å². The lowest BCUT2D eigenvalue weighted by Gasteiger charge is -2.31. The van der Waals surface area contributed by atoms with E-state index < -0.39 is 0 Å². The Hall–Kier alpha value is -1.29. The van der Waals surface area contributed by atoms with E-state index in [0.29, 0.717) is 13.1 Å². The Morgan fingerprint density at radius 2 is 2.26 bits per heavy atom. The molecule has 0 saturated carbocycles. The zero-order chi connectivity index (χ0) is 13.7. The lowest BCUT2D eigenvalue weighted by Crippen LogP contribution is -2.49. The average molecular weight is 283 g/mol. The molecule has 1 fully saturated rings. The van der Waals surface area contributed by atoms with E-state index in [1.165, 1.54) is 5.57 Å². The van der Waals surface area contributed by atoms with Crippen molar-refractivity contribution in [1.82, 2.24) is 10.2 Å². The van der Waals surface area contributed by atoms with E-state index in [-0.39, 0.29) is 11.9 Å². The third kappa shape index (κ3) is 3.83. The number of hydrogen-bond acceptors (Lipinski definition) is 2. The molecule has 0 aromatic carbocycles. The number of hydrogen-bond donors (Lipinski definition) is 1. The van der Waals surface area contributed by atoms with Crippen molar-refractivity contribution in [2.75, 3.05) is 13.1 Å². The minimum absolute atomic E-state index is 0.0478. The summed E-state index contributed by atoms with van der Waals surface area (Å²) in [6.07, 6.45) is 9.10. The fourth-order valence-electron chi connectivity index (χ4n) is 2.48. The molecule has 1 saturated heterocycles. The Kier molecular flexibility index (Phi) is 5.02. The first-order chi connectivity index (χ1) is 9.20. The molecule has 2 rings (SSSR count). The molecule has 0 radical (unpaired) electrons. The number of piperidine rings is 1. The standard InChI is InChI=1S/C14H19ClN2O2/c15-12-6-4-11(5-7-12)9-16-14(19)13-3-1-2-8-17(13)10-18/h4,6,10,13H,1-3,5,7-9H2,(H,16,19)/t13-/m0/s1. The quantitative estimate of drug-likeness (QED) is 0.802. The average Bonchev–Trinajstić information content (AvgIpc) is 2.46. The van der Waals surface area contributed by atoms with Gasteiger partial charge >= 0.3 is 0 Å². The summed E-state index contributed by atoms with van der Waals surface area (Å²) in [4.78, 5) is 24.6. The van der Waals surface area contributed by atoms with Gasteiger partial charge in [-0.05, 0) is 38.2 Å². The van der Waals surface area contributed by atoms with Gasteiger partial charge in [-0.3, -0.25) is 9.59 Å². The molecule has 5 heteroatoms. The molecule has 1 N–H and O–H groups in total. The van der Waals surface area contributed by atoms with Crippen molar-refractivity contribution in [3.8, 4) is 0 Å². The Labute approximate surface area is 118 Å². The van der Waals surface area contributed by atoms with E-state index in [0.717, 1.165) is 43.5 Å². The summed E-state index contributed by atoms with van der Waals surface area (Å²) in [6.45, 7) is 1.23. The Balaban J connectivity index is 1.85. The fraction of sp³-hybridized carbons (Fsp3) is 0.571. The summed E-state index contributed by atoms with van der Waals surface area (Å²) in [5, 5.41) is 3.78. The van der Waals surface area contributed by atoms with Gasteiger partial charge in [0, 0.05) is 18.1 Å². The molecule has 4 nitrogen and oxygen atoms in total. The maximum absolute atomic E-state index is 12.1. The third-order valence-electron chi connectivity index (χ3n) is 3.66. The van der Waals surface area contributed by atoms with Crippen molar-refractivity contribution in [3.63, 3.8) is 0 Å². The van der Waals surface area contributed by atoms with Crippen molar-refractivity contribution in [2.45, 2.75) is 38.1 Å². The van der Waals surface area contributed by atoms with Gasteiger partial charge in [-0.1, -0.05) is 23.3 Å². The van der Waals surface area contributed by atoms with E-state index in [9.17, 15) is 9.59 Å². The van der Waals surface area contributed by atoms with Crippen LogP contribution in [0.15, 0.2) is 22.8 Å². The zero-order valence-corrected chi connectivity index (χ0v) is 11.7. The molecule has 2 aliphatic rings. The molecular weight excluding hydrogens is 264 g/mol. The fourth-order valence-corrected chi connectivity index (χ4v) is 2.64. The zero-order valence-electron chi connectivity index (χ0n) is 10.9. The summed E-state index contributed by atoms with van der Waals surface area (Å²) >= 11 is 5.89. The number of likely N-dealkylation sites (tertiary alicyclic amines) is 1. The molecule has 1 atom stereocenters. The van der Waals surface area contributed by atoms with E-state index in [1.807, 2.05) is 12.2 Å². The molecule has 0 aromatic rings. The van der Waals surface area contributed by atoms with Gasteiger partial charge in [-0.2, -0.15) is 0 Å². The van der Waals surface area contributed by atoms with Crippen molar-refractivity contribution in [3.05, 3.63) is 22.8 Å². The van der Waals surface area contributed by atoms with Gasteiger partial charge in [0.25, 0.3) is 0 Å². The van der Waals surface area contributed by atoms with Gasteiger partial charge in [0.1, 0.15) is 6.04 Å². The number of allylic oxidation sites excluding steroid dienone is 3. The summed E-state index contributed by atoms with van der Waals surface area (Å²) in [6, 6.07) is -0.297. The number of nitrogens with zero attached hydrogens (tertiary/aromatic N) is 1. The van der Waals surface area contributed by atoms with E-state index in [1.54, 1.807) is 4.90 Å². The summed E-state index contributed by atoms with van der Waals surface area (Å²) in [5.74, 6) is -0.0478. The summed E-state index contributed by atoms with van der Waals surface area (Å²) < 4.78 is 0. The molecule has 19 heavy (non-hydrogen) atoms. The molecule has 104 valence electrons. The Bertz CT molecular complexity index is 418. The second kappa shape index (κ2) is 6.75. The van der Waals surface area contributed by atoms with Crippen LogP contribution in [0.1, 0.15) is 32.1 Å². The topological polar surface area (TPSA) is 49.4 Å². The molecule has 0 spiro atoms. The van der Waals surface area contributed by atoms with Crippen molar-refractivity contribution in [1.29, 1.82) is 0 Å². The minimum atomic E-state index is -0.297. The van der Waals surface area contributed by atoms with Gasteiger partial charge in [0.05, 0.1) is 0 Å². The lowest BCUT2D eigenvalue weighted by atomic mass is 10.0. The number of amides is 2. The van der Waals surface area contributed by atoms with Crippen molar-refractivity contribution >= 4 is 23.9 Å². The smallest absolute Gasteiger partial charge is 0.243 e. The minimum Gasteiger partial charge on any atom is -0.351 e. The van der Waals surface area contributed by atoms with Crippen LogP contribution in [0.25, 0.3) is 0 Å². The van der Waals surface area contributed by atoms with Crippen LogP contribution in [-0.4, -0.2) is 36.3 Å². The van der Waals surface area contributed by atoms with Gasteiger partial charge in [-0.15, -0.1) is 0 Å². The van der Waals surface area contributed by atoms with Crippen LogP contribution in [0.2, 0.25) is 0 Å². The van der Waals surface area contributed by atoms with Gasteiger partial charge in [0.2, 0.25) is 12.3 Å². The Morgan fingerprint density at radius 3 is 2.95 bits per heavy atom. The first-order valence-electron chi connectivity index (χ1n) is 6.73. The number of carbonyl (C=O) groups is 2. The SMILES string of the molecule is O=CN1CCCC[C@H]1C(=O)NCC1=CC=C(Cl)CC1. The third-order valence-corrected chi connectivity index (χ3v) is 3.97. The molecule has 2 amide bonds. The number of halogens is 1. The highest BCUT2D eigenvalue weighted by Gasteiger charge is 2.27. The summed E-state index contributed by atoms with van der Waals surface area (Å²) in [5.41, 5.74) is 1.17. The monoisotopic (exact) mass is 282 g/mol. The van der Waals surface area contributed by atoms with Crippen LogP contribution in [0.4, 0.5) is 0 Å². The summed E-state index contributed by atoms with van der Waals surface area (Å²) in [7, 11) is 0. The predicted octanol–water partition coefficient (Wildman–Crippen LogP) is 1.96. The molecule has 0 bridgehead atoms. The van der Waals surface area contributed by atoms with Crippen molar-refractivity contribution in [2.24, 2.45) is 0 Å². The number of carbonyl (C=O) groups excluding carboxylic acids is 2. The lowest BCUT2D eigenvalue weighted by molar-refractivity contribution is -0.134. The predicted molar refractivity (Wildman–Crippen MR) is 74.7 cm³/mol. The highest BCUT2D eigenvalue weighted by molar-refractivity contribution is 6.29. The Morgan fingerprint density at radius 1 is 1.42 bits per heavy atom. The van der Waals surface area contributed by atoms with E-state index in [4.69, 9.17) is 11.6 Å². The highest BCUT2D eigenvalue weighted by atomic mass is 35.5. The first kappa shape index (κ1) is 14.1. The second-order valence-electron chi connectivity index (χ2n) is 5.01. The second-order valence-corrected chi connectivity index (χ2v) is 5.50. The van der Waals surface area contributed by atoms with E-state index in [2.05, 4.69) is 5.32 Å². The maximum atomic E-state index is 12.1. The maximum Gasteiger partial charge on any atom is 0.243 e. The van der Waals surface area contributed by atoms with Crippen molar-refractivity contribution < 1.29 is 9.59 Å². The van der Waals surface area contributed by atoms with Crippen LogP contribution in [-0.2, 0) is 9.59 Å². The van der Waals surface area contributed by atoms with Crippen LogP contribution in [0.5, 0.6) is 0 Å². The van der Waals surface area contributed by atoms with Crippen LogP contribution >= 0.6 is 11.6 Å². The molecule has 0 aromatic heterocycles. The largest absolute Gasteiger partial charge is 0.351 e. The number of rotatable bonds is 4. The number of nitrogens with one attached hydrogen (secondary N) is 1. The normalized spacial score (nSPS) is 23.4. The van der Waals surface area contributed by atoms with Gasteiger partial charge < -0.3 is 10.2 Å². The van der Waals surface area contributed by atoms with Crippen LogP contribution in [0.3, 0.4) is 0 Å². The molecular formula is C14H19ClN2O2. The molecule has 0 unspecified atom stereocenters.